The smallest absolute Gasteiger partial charge is 0.313 e. The second-order valence-electron chi connectivity index (χ2n) is 11.8. The number of nitrogens with zero attached hydrogens (tertiary/aromatic N) is 2. The lowest BCUT2D eigenvalue weighted by atomic mass is 9.80. The van der Waals surface area contributed by atoms with Crippen LogP contribution in [0.1, 0.15) is 39.2 Å². The Kier molecular flexibility index (Phi) is 6.99. The molecule has 2 aliphatic rings. The predicted molar refractivity (Wildman–Crippen MR) is 151 cm³/mol. The molecule has 2 aliphatic heterocycles. The van der Waals surface area contributed by atoms with E-state index >= 15 is 0 Å². The van der Waals surface area contributed by atoms with Gasteiger partial charge in [-0.1, -0.05) is 51.1 Å². The number of likely N-dealkylation sites (tertiary alicyclic amines) is 1. The van der Waals surface area contributed by atoms with Gasteiger partial charge in [0.2, 0.25) is 11.8 Å². The number of nitriles is 1. The number of amides is 4. The first kappa shape index (κ1) is 27.8. The summed E-state index contributed by atoms with van der Waals surface area (Å²) in [4.78, 5) is 54.2. The van der Waals surface area contributed by atoms with Crippen molar-refractivity contribution in [2.75, 3.05) is 17.2 Å². The Morgan fingerprint density at radius 1 is 1.10 bits per heavy atom. The molecule has 3 N–H and O–H groups in total. The maximum absolute atomic E-state index is 13.9. The minimum absolute atomic E-state index is 0.0205. The van der Waals surface area contributed by atoms with E-state index in [2.05, 4.69) is 22.0 Å². The molecule has 3 aromatic rings. The van der Waals surface area contributed by atoms with E-state index in [-0.39, 0.29) is 31.1 Å². The van der Waals surface area contributed by atoms with Crippen molar-refractivity contribution < 1.29 is 23.6 Å². The van der Waals surface area contributed by atoms with Crippen molar-refractivity contribution in [2.24, 2.45) is 5.41 Å². The number of benzene rings is 3. The van der Waals surface area contributed by atoms with Crippen molar-refractivity contribution in [1.82, 2.24) is 10.2 Å². The summed E-state index contributed by atoms with van der Waals surface area (Å²) in [5.74, 6) is -3.18. The highest BCUT2D eigenvalue weighted by Gasteiger charge is 2.56. The topological polar surface area (TPSA) is 131 Å². The summed E-state index contributed by atoms with van der Waals surface area (Å²) in [5, 5.41) is 19.2. The van der Waals surface area contributed by atoms with Crippen molar-refractivity contribution >= 4 is 45.8 Å². The van der Waals surface area contributed by atoms with Crippen LogP contribution in [0.15, 0.2) is 60.7 Å². The molecule has 3 aromatic carbocycles. The van der Waals surface area contributed by atoms with Gasteiger partial charge in [0.05, 0.1) is 11.5 Å². The highest BCUT2D eigenvalue weighted by Crippen LogP contribution is 2.46. The molecule has 210 valence electrons. The monoisotopic (exact) mass is 555 g/mol. The Labute approximate surface area is 236 Å². The molecule has 10 heteroatoms. The van der Waals surface area contributed by atoms with Crippen LogP contribution in [-0.2, 0) is 24.6 Å². The lowest BCUT2D eigenvalue weighted by Crippen LogP contribution is -2.53. The van der Waals surface area contributed by atoms with Crippen LogP contribution in [0.25, 0.3) is 10.8 Å². The fraction of sp³-hybridized carbons (Fsp3) is 0.323. The number of rotatable bonds is 4. The molecule has 41 heavy (non-hydrogen) atoms. The van der Waals surface area contributed by atoms with Gasteiger partial charge in [-0.15, -0.1) is 0 Å². The standard InChI is InChI=1S/C31H30FN5O4/c1-30(2,3)15-25(35-27(39)26(38)34-21-11-9-18-12-20(32)10-8-19(18)13-21)28(40)37-17-31(14-22(37)16-33)23-6-4-5-7-24(23)36-29(31)41/h4-13,22,25H,14-15,17H2,1-3H3,(H,34,38)(H,35,39)(H,36,41)/t22?,25-,31-/m0/s1. The molecule has 9 nitrogen and oxygen atoms in total. The van der Waals surface area contributed by atoms with E-state index in [1.807, 2.05) is 32.9 Å². The minimum Gasteiger partial charge on any atom is -0.336 e. The third-order valence-corrected chi connectivity index (χ3v) is 7.60. The molecule has 1 saturated heterocycles. The van der Waals surface area contributed by atoms with Crippen LogP contribution in [0.2, 0.25) is 0 Å². The largest absolute Gasteiger partial charge is 0.336 e. The first-order chi connectivity index (χ1) is 19.4. The van der Waals surface area contributed by atoms with Crippen molar-refractivity contribution in [3.63, 3.8) is 0 Å². The van der Waals surface area contributed by atoms with Crippen molar-refractivity contribution in [1.29, 1.82) is 5.26 Å². The fourth-order valence-electron chi connectivity index (χ4n) is 5.70. The van der Waals surface area contributed by atoms with E-state index in [4.69, 9.17) is 0 Å². The lowest BCUT2D eigenvalue weighted by Gasteiger charge is -2.31. The Morgan fingerprint density at radius 3 is 2.54 bits per heavy atom. The number of carbonyl (C=O) groups excluding carboxylic acids is 4. The summed E-state index contributed by atoms with van der Waals surface area (Å²) in [7, 11) is 0. The van der Waals surface area contributed by atoms with Gasteiger partial charge in [-0.2, -0.15) is 5.26 Å². The molecule has 3 atom stereocenters. The van der Waals surface area contributed by atoms with Gasteiger partial charge in [-0.05, 0) is 58.5 Å². The minimum atomic E-state index is -1.11. The maximum atomic E-state index is 13.9. The zero-order valence-electron chi connectivity index (χ0n) is 23.0. The molecule has 5 rings (SSSR count). The Morgan fingerprint density at radius 2 is 1.80 bits per heavy atom. The number of anilines is 2. The van der Waals surface area contributed by atoms with Crippen LogP contribution in [0.5, 0.6) is 0 Å². The Balaban J connectivity index is 1.35. The third-order valence-electron chi connectivity index (χ3n) is 7.60. The van der Waals surface area contributed by atoms with Gasteiger partial charge in [0.25, 0.3) is 0 Å². The summed E-state index contributed by atoms with van der Waals surface area (Å²) in [6.07, 6.45) is 0.317. The molecular weight excluding hydrogens is 525 g/mol. The van der Waals surface area contributed by atoms with Crippen molar-refractivity contribution in [2.45, 2.75) is 51.1 Å². The summed E-state index contributed by atoms with van der Waals surface area (Å²) >= 11 is 0. The van der Waals surface area contributed by atoms with E-state index in [1.165, 1.54) is 17.0 Å². The summed E-state index contributed by atoms with van der Waals surface area (Å²) in [6, 6.07) is 16.4. The number of fused-ring (bicyclic) bond motifs is 3. The van der Waals surface area contributed by atoms with Gasteiger partial charge in [0, 0.05) is 24.3 Å². The average Bonchev–Trinajstić information content (AvgIpc) is 3.45. The van der Waals surface area contributed by atoms with Gasteiger partial charge in [-0.3, -0.25) is 19.2 Å². The van der Waals surface area contributed by atoms with Gasteiger partial charge < -0.3 is 20.9 Å². The zero-order valence-corrected chi connectivity index (χ0v) is 23.0. The molecule has 0 aliphatic carbocycles. The van der Waals surface area contributed by atoms with E-state index < -0.39 is 40.6 Å². The van der Waals surface area contributed by atoms with Crippen molar-refractivity contribution in [3.05, 3.63) is 72.0 Å². The first-order valence-electron chi connectivity index (χ1n) is 13.3. The normalized spacial score (nSPS) is 20.3. The zero-order chi connectivity index (χ0) is 29.5. The maximum Gasteiger partial charge on any atom is 0.313 e. The summed E-state index contributed by atoms with van der Waals surface area (Å²) in [5.41, 5.74) is 0.223. The van der Waals surface area contributed by atoms with E-state index in [0.29, 0.717) is 22.1 Å². The number of carbonyl (C=O) groups is 4. The van der Waals surface area contributed by atoms with Gasteiger partial charge in [0.1, 0.15) is 17.9 Å². The second kappa shape index (κ2) is 10.3. The van der Waals surface area contributed by atoms with E-state index in [9.17, 15) is 28.8 Å². The Hall–Kier alpha value is -4.78. The predicted octanol–water partition coefficient (Wildman–Crippen LogP) is 3.85. The van der Waals surface area contributed by atoms with Gasteiger partial charge in [0.15, 0.2) is 0 Å². The molecule has 1 unspecified atom stereocenters. The molecule has 0 aromatic heterocycles. The van der Waals surface area contributed by atoms with Crippen LogP contribution in [0.3, 0.4) is 0 Å². The molecule has 1 spiro atoms. The molecule has 0 saturated carbocycles. The number of hydrogen-bond donors (Lipinski definition) is 3. The number of halogens is 1. The van der Waals surface area contributed by atoms with Crippen molar-refractivity contribution in [3.8, 4) is 6.07 Å². The summed E-state index contributed by atoms with van der Waals surface area (Å²) < 4.78 is 13.5. The highest BCUT2D eigenvalue weighted by molar-refractivity contribution is 6.40. The number of hydrogen-bond acceptors (Lipinski definition) is 5. The van der Waals surface area contributed by atoms with Crippen LogP contribution in [-0.4, -0.2) is 47.2 Å². The highest BCUT2D eigenvalue weighted by atomic mass is 19.1. The van der Waals surface area contributed by atoms with E-state index in [0.717, 1.165) is 5.56 Å². The lowest BCUT2D eigenvalue weighted by molar-refractivity contribution is -0.141. The van der Waals surface area contributed by atoms with Crippen LogP contribution >= 0.6 is 0 Å². The average molecular weight is 556 g/mol. The SMILES string of the molecule is CC(C)(C)C[C@H](NC(=O)C(=O)Nc1ccc2cc(F)ccc2c1)C(=O)N1C[C@]2(CC1C#N)C(=O)Nc1ccccc12. The third kappa shape index (κ3) is 5.35. The van der Waals surface area contributed by atoms with Crippen LogP contribution < -0.4 is 16.0 Å². The first-order valence-corrected chi connectivity index (χ1v) is 13.3. The van der Waals surface area contributed by atoms with Gasteiger partial charge >= 0.3 is 11.8 Å². The molecular formula is C31H30FN5O4. The number of para-hydroxylation sites is 1. The van der Waals surface area contributed by atoms with Crippen LogP contribution in [0, 0.1) is 22.6 Å². The Bertz CT molecular complexity index is 1620. The fourth-order valence-corrected chi connectivity index (χ4v) is 5.70. The van der Waals surface area contributed by atoms with Gasteiger partial charge in [-0.25, -0.2) is 4.39 Å². The molecule has 0 radical (unpaired) electrons. The molecule has 0 bridgehead atoms. The quantitative estimate of drug-likeness (QED) is 0.421. The number of nitrogens with one attached hydrogen (secondary N) is 3. The molecule has 4 amide bonds. The van der Waals surface area contributed by atoms with E-state index in [1.54, 1.807) is 36.4 Å². The van der Waals surface area contributed by atoms with Crippen LogP contribution in [0.4, 0.5) is 15.8 Å². The molecule has 1 fully saturated rings. The second-order valence-corrected chi connectivity index (χ2v) is 11.8. The molecule has 2 heterocycles. The summed E-state index contributed by atoms with van der Waals surface area (Å²) in [6.45, 7) is 5.66.